The zero-order valence-electron chi connectivity index (χ0n) is 25.6. The van der Waals surface area contributed by atoms with E-state index in [0.717, 1.165) is 17.5 Å². The van der Waals surface area contributed by atoms with Gasteiger partial charge in [0, 0.05) is 34.9 Å². The number of hydrogen-bond acceptors (Lipinski definition) is 7. The lowest BCUT2D eigenvalue weighted by Gasteiger charge is -2.22. The number of pyridine rings is 1. The Morgan fingerprint density at radius 1 is 0.915 bits per heavy atom. The average molecular weight is 669 g/mol. The number of halogens is 1. The Labute approximate surface area is 281 Å². The second-order valence-electron chi connectivity index (χ2n) is 10.9. The van der Waals surface area contributed by atoms with Crippen LogP contribution in [0, 0.1) is 0 Å². The number of nitrogens with one attached hydrogen (secondary N) is 1. The molecule has 0 radical (unpaired) electrons. The molecule has 3 aromatic carbocycles. The van der Waals surface area contributed by atoms with Crippen molar-refractivity contribution < 1.29 is 24.6 Å². The Balaban J connectivity index is 1.27. The Morgan fingerprint density at radius 3 is 2.32 bits per heavy atom. The zero-order chi connectivity index (χ0) is 33.3. The first-order valence-electron chi connectivity index (χ1n) is 15.1. The van der Waals surface area contributed by atoms with Crippen molar-refractivity contribution in [2.45, 2.75) is 45.7 Å². The number of aromatic nitrogens is 2. The first-order chi connectivity index (χ1) is 22.7. The summed E-state index contributed by atoms with van der Waals surface area (Å²) in [5.41, 5.74) is 4.38. The van der Waals surface area contributed by atoms with E-state index >= 15 is 0 Å². The molecule has 2 amide bonds. The van der Waals surface area contributed by atoms with Gasteiger partial charge in [-0.15, -0.1) is 11.3 Å². The van der Waals surface area contributed by atoms with E-state index in [0.29, 0.717) is 22.8 Å². The number of carbonyl (C=O) groups is 3. The summed E-state index contributed by atoms with van der Waals surface area (Å²) < 4.78 is 0. The van der Waals surface area contributed by atoms with Gasteiger partial charge in [-0.1, -0.05) is 67.8 Å². The molecular formula is C36H33ClN4O5S. The Bertz CT molecular complexity index is 1860. The van der Waals surface area contributed by atoms with Crippen LogP contribution in [-0.2, 0) is 19.5 Å². The predicted molar refractivity (Wildman–Crippen MR) is 183 cm³/mol. The average Bonchev–Trinajstić information content (AvgIpc) is 3.56. The fourth-order valence-corrected chi connectivity index (χ4v) is 5.86. The van der Waals surface area contributed by atoms with Gasteiger partial charge >= 0.3 is 5.97 Å². The van der Waals surface area contributed by atoms with Crippen LogP contribution in [0.2, 0.25) is 5.15 Å². The second-order valence-corrected chi connectivity index (χ2v) is 12.2. The summed E-state index contributed by atoms with van der Waals surface area (Å²) in [7, 11) is 0. The number of anilines is 1. The number of carboxylic acids is 1. The molecule has 47 heavy (non-hydrogen) atoms. The summed E-state index contributed by atoms with van der Waals surface area (Å²) in [5, 5.41) is 25.2. The summed E-state index contributed by atoms with van der Waals surface area (Å²) in [6.45, 7) is 2.64. The molecule has 5 rings (SSSR count). The third kappa shape index (κ3) is 8.60. The van der Waals surface area contributed by atoms with E-state index < -0.39 is 17.6 Å². The number of aryl methyl sites for hydroxylation is 1. The Kier molecular flexibility index (Phi) is 11.0. The molecule has 0 saturated heterocycles. The Hall–Kier alpha value is -5.06. The third-order valence-corrected chi connectivity index (χ3v) is 8.72. The molecule has 0 fully saturated rings. The van der Waals surface area contributed by atoms with Crippen LogP contribution in [0.4, 0.5) is 5.69 Å². The lowest BCUT2D eigenvalue weighted by molar-refractivity contribution is 0.0693. The normalized spacial score (nSPS) is 10.9. The number of aromatic hydroxyl groups is 1. The van der Waals surface area contributed by atoms with Crippen LogP contribution in [0.1, 0.15) is 74.1 Å². The molecule has 3 N–H and O–H groups in total. The molecule has 2 heterocycles. The summed E-state index contributed by atoms with van der Waals surface area (Å²) in [6.07, 6.45) is 6.01. The molecule has 240 valence electrons. The van der Waals surface area contributed by atoms with Gasteiger partial charge in [0.25, 0.3) is 11.8 Å². The van der Waals surface area contributed by atoms with E-state index in [9.17, 15) is 24.6 Å². The number of amides is 2. The maximum absolute atomic E-state index is 13.6. The van der Waals surface area contributed by atoms with Crippen molar-refractivity contribution in [1.82, 2.24) is 15.3 Å². The minimum absolute atomic E-state index is 0.0159. The van der Waals surface area contributed by atoms with Gasteiger partial charge in [0.2, 0.25) is 0 Å². The van der Waals surface area contributed by atoms with Crippen molar-refractivity contribution in [3.05, 3.63) is 129 Å². The van der Waals surface area contributed by atoms with Gasteiger partial charge in [-0.05, 0) is 66.4 Å². The summed E-state index contributed by atoms with van der Waals surface area (Å²) in [6, 6.07) is 22.4. The number of phenols is 1. The number of benzene rings is 3. The molecule has 2 aromatic heterocycles. The highest BCUT2D eigenvalue weighted by molar-refractivity contribution is 7.13. The number of carbonyl (C=O) groups excluding carboxylic acids is 2. The van der Waals surface area contributed by atoms with Crippen LogP contribution in [0.15, 0.2) is 90.4 Å². The van der Waals surface area contributed by atoms with E-state index in [1.165, 1.54) is 77.6 Å². The highest BCUT2D eigenvalue weighted by Crippen LogP contribution is 2.29. The first-order valence-corrected chi connectivity index (χ1v) is 16.4. The van der Waals surface area contributed by atoms with Gasteiger partial charge < -0.3 is 20.4 Å². The van der Waals surface area contributed by atoms with Crippen molar-refractivity contribution in [2.75, 3.05) is 4.90 Å². The molecule has 0 aliphatic carbocycles. The van der Waals surface area contributed by atoms with Gasteiger partial charge in [0.15, 0.2) is 0 Å². The molecule has 0 unspecified atom stereocenters. The predicted octanol–water partition coefficient (Wildman–Crippen LogP) is 7.77. The molecule has 0 aliphatic rings. The Morgan fingerprint density at radius 2 is 1.64 bits per heavy atom. The minimum atomic E-state index is -1.33. The lowest BCUT2D eigenvalue weighted by Crippen LogP contribution is -2.31. The van der Waals surface area contributed by atoms with Crippen molar-refractivity contribution >= 4 is 46.4 Å². The van der Waals surface area contributed by atoms with E-state index in [1.54, 1.807) is 12.1 Å². The number of carboxylic acid groups (broad SMARTS) is 1. The van der Waals surface area contributed by atoms with Crippen molar-refractivity contribution in [1.29, 1.82) is 0 Å². The largest absolute Gasteiger partial charge is 0.507 e. The molecular weight excluding hydrogens is 636 g/mol. The maximum atomic E-state index is 13.6. The highest BCUT2D eigenvalue weighted by atomic mass is 35.5. The molecule has 11 heteroatoms. The number of unbranched alkanes of at least 4 members (excludes halogenated alkanes) is 2. The van der Waals surface area contributed by atoms with Crippen molar-refractivity contribution in [3.63, 3.8) is 0 Å². The third-order valence-electron chi connectivity index (χ3n) is 7.55. The van der Waals surface area contributed by atoms with Crippen molar-refractivity contribution in [2.24, 2.45) is 0 Å². The van der Waals surface area contributed by atoms with Gasteiger partial charge in [-0.3, -0.25) is 9.59 Å². The van der Waals surface area contributed by atoms with Gasteiger partial charge in [0.05, 0.1) is 17.8 Å². The quantitative estimate of drug-likeness (QED) is 0.0862. The number of rotatable bonds is 13. The summed E-state index contributed by atoms with van der Waals surface area (Å²) in [5.74, 6) is -2.38. The van der Waals surface area contributed by atoms with Gasteiger partial charge in [-0.25, -0.2) is 14.8 Å². The molecule has 5 aromatic rings. The van der Waals surface area contributed by atoms with E-state index in [1.807, 2.05) is 17.5 Å². The van der Waals surface area contributed by atoms with Crippen LogP contribution in [0.5, 0.6) is 5.75 Å². The second kappa shape index (κ2) is 15.5. The van der Waals surface area contributed by atoms with Crippen LogP contribution in [0.3, 0.4) is 0 Å². The van der Waals surface area contributed by atoms with E-state index in [2.05, 4.69) is 41.5 Å². The maximum Gasteiger partial charge on any atom is 0.339 e. The highest BCUT2D eigenvalue weighted by Gasteiger charge is 2.23. The van der Waals surface area contributed by atoms with Gasteiger partial charge in [-0.2, -0.15) is 0 Å². The number of hydrogen-bond donors (Lipinski definition) is 3. The topological polar surface area (TPSA) is 133 Å². The van der Waals surface area contributed by atoms with Crippen molar-refractivity contribution in [3.8, 4) is 16.3 Å². The van der Waals surface area contributed by atoms with Crippen LogP contribution in [-0.4, -0.2) is 38.0 Å². The number of aromatic carboxylic acids is 1. The molecule has 0 saturated carbocycles. The van der Waals surface area contributed by atoms with Gasteiger partial charge in [0.1, 0.15) is 21.5 Å². The van der Waals surface area contributed by atoms with Crippen LogP contribution < -0.4 is 10.2 Å². The first kappa shape index (κ1) is 33.3. The molecule has 0 atom stereocenters. The molecule has 0 spiro atoms. The number of nitrogens with zero attached hydrogens (tertiary/aromatic N) is 3. The van der Waals surface area contributed by atoms with E-state index in [-0.39, 0.29) is 34.4 Å². The smallest absolute Gasteiger partial charge is 0.339 e. The summed E-state index contributed by atoms with van der Waals surface area (Å²) >= 11 is 7.28. The van der Waals surface area contributed by atoms with Crippen LogP contribution >= 0.6 is 22.9 Å². The minimum Gasteiger partial charge on any atom is -0.507 e. The fourth-order valence-electron chi connectivity index (χ4n) is 4.93. The van der Waals surface area contributed by atoms with Crippen LogP contribution in [0.25, 0.3) is 10.6 Å². The molecule has 9 nitrogen and oxygen atoms in total. The van der Waals surface area contributed by atoms with E-state index in [4.69, 9.17) is 16.6 Å². The SMILES string of the molecule is CCCCCc1ccc(CNC(=O)c2ccc(-c3nc(CN(C(=O)c4ccc(Cl)nc4)c4ccc(O)c(C(=O)O)c4)cs3)cc2)cc1. The number of thiazole rings is 1. The molecule has 0 aliphatic heterocycles. The monoisotopic (exact) mass is 668 g/mol. The molecule has 0 bridgehead atoms. The zero-order valence-corrected chi connectivity index (χ0v) is 27.2. The standard InChI is InChI=1S/C36H33ClN4O5S/c1-2-3-4-5-23-6-8-24(9-7-23)19-39-33(43)25-10-12-26(13-11-25)34-40-28(22-47-34)21-41(35(44)27-14-17-32(37)38-20-27)29-15-16-31(42)30(18-29)36(45)46/h6-18,20,22,42H,2-5,19,21H2,1H3,(H,39,43)(H,45,46). The summed E-state index contributed by atoms with van der Waals surface area (Å²) in [4.78, 5) is 48.2. The fraction of sp³-hybridized carbons (Fsp3) is 0.194. The lowest BCUT2D eigenvalue weighted by atomic mass is 10.1.